The van der Waals surface area contributed by atoms with Crippen molar-refractivity contribution in [2.75, 3.05) is 13.2 Å². The van der Waals surface area contributed by atoms with Crippen LogP contribution in [-0.4, -0.2) is 71.0 Å². The molecular formula is C9H13F2NO6. The van der Waals surface area contributed by atoms with Crippen LogP contribution >= 0.6 is 0 Å². The maximum Gasteiger partial charge on any atom is 0.315 e. The molecular weight excluding hydrogens is 256 g/mol. The molecule has 2 heterocycles. The van der Waals surface area contributed by atoms with Gasteiger partial charge >= 0.3 is 6.43 Å². The number of hydrogen-bond donors (Lipinski definition) is 4. The van der Waals surface area contributed by atoms with E-state index in [-0.39, 0.29) is 6.61 Å². The molecule has 2 aliphatic rings. The van der Waals surface area contributed by atoms with E-state index in [4.69, 9.17) is 14.6 Å². The van der Waals surface area contributed by atoms with Gasteiger partial charge in [0.15, 0.2) is 6.29 Å². The van der Waals surface area contributed by atoms with Crippen LogP contribution in [0.2, 0.25) is 0 Å². The number of halogens is 2. The van der Waals surface area contributed by atoms with Crippen molar-refractivity contribution in [1.82, 2.24) is 5.32 Å². The fraction of sp³-hybridized carbons (Fsp3) is 0.889. The lowest BCUT2D eigenvalue weighted by Crippen LogP contribution is -2.66. The van der Waals surface area contributed by atoms with Gasteiger partial charge in [-0.3, -0.25) is 4.79 Å². The molecule has 2 rings (SSSR count). The zero-order valence-electron chi connectivity index (χ0n) is 9.12. The van der Waals surface area contributed by atoms with Crippen LogP contribution in [0.1, 0.15) is 0 Å². The molecule has 5 atom stereocenters. The van der Waals surface area contributed by atoms with Crippen molar-refractivity contribution < 1.29 is 38.4 Å². The quantitative estimate of drug-likeness (QED) is 0.454. The number of aliphatic hydroxyl groups excluding tert-OH is 3. The summed E-state index contributed by atoms with van der Waals surface area (Å²) >= 11 is 0. The SMILES string of the molecule is O=C(N[C@H]1[C@@H]2OC[C@](CO)(O2)[C@H](O)[C@@H]1O)C(F)F. The summed E-state index contributed by atoms with van der Waals surface area (Å²) in [6.07, 6.45) is -7.55. The Bertz CT molecular complexity index is 343. The Balaban J connectivity index is 2.13. The van der Waals surface area contributed by atoms with E-state index in [2.05, 4.69) is 0 Å². The van der Waals surface area contributed by atoms with Crippen LogP contribution < -0.4 is 5.32 Å². The second-order valence-corrected chi connectivity index (χ2v) is 4.29. The number of nitrogens with one attached hydrogen (secondary N) is 1. The van der Waals surface area contributed by atoms with Gasteiger partial charge < -0.3 is 30.1 Å². The van der Waals surface area contributed by atoms with Crippen molar-refractivity contribution in [3.63, 3.8) is 0 Å². The number of carbonyl (C=O) groups is 1. The number of alkyl halides is 2. The van der Waals surface area contributed by atoms with Crippen LogP contribution in [0.3, 0.4) is 0 Å². The number of aliphatic hydroxyl groups is 3. The summed E-state index contributed by atoms with van der Waals surface area (Å²) in [6, 6.07) is -1.32. The highest BCUT2D eigenvalue weighted by atomic mass is 19.3. The molecule has 0 aromatic carbocycles. The monoisotopic (exact) mass is 269 g/mol. The minimum Gasteiger partial charge on any atom is -0.393 e. The summed E-state index contributed by atoms with van der Waals surface area (Å²) in [7, 11) is 0. The predicted molar refractivity (Wildman–Crippen MR) is 50.6 cm³/mol. The van der Waals surface area contributed by atoms with Crippen molar-refractivity contribution in [2.24, 2.45) is 0 Å². The molecule has 104 valence electrons. The smallest absolute Gasteiger partial charge is 0.315 e. The Kier molecular flexibility index (Phi) is 3.52. The molecule has 0 radical (unpaired) electrons. The molecule has 0 unspecified atom stereocenters. The fourth-order valence-electron chi connectivity index (χ4n) is 2.08. The van der Waals surface area contributed by atoms with Crippen molar-refractivity contribution in [1.29, 1.82) is 0 Å². The molecule has 2 fully saturated rings. The lowest BCUT2D eigenvalue weighted by atomic mass is 9.88. The van der Waals surface area contributed by atoms with E-state index >= 15 is 0 Å². The maximum atomic E-state index is 12.1. The molecule has 0 spiro atoms. The lowest BCUT2D eigenvalue weighted by Gasteiger charge is -2.41. The number of fused-ring (bicyclic) bond motifs is 2. The highest BCUT2D eigenvalue weighted by Gasteiger charge is 2.59. The van der Waals surface area contributed by atoms with E-state index in [1.807, 2.05) is 5.32 Å². The van der Waals surface area contributed by atoms with Gasteiger partial charge in [-0.1, -0.05) is 0 Å². The van der Waals surface area contributed by atoms with Crippen molar-refractivity contribution in [3.8, 4) is 0 Å². The first-order valence-electron chi connectivity index (χ1n) is 5.26. The zero-order chi connectivity index (χ0) is 13.5. The van der Waals surface area contributed by atoms with Crippen LogP contribution in [0.4, 0.5) is 8.78 Å². The van der Waals surface area contributed by atoms with Gasteiger partial charge in [0.25, 0.3) is 5.91 Å². The third-order valence-electron chi connectivity index (χ3n) is 3.14. The number of hydrogen-bond acceptors (Lipinski definition) is 6. The Morgan fingerprint density at radius 3 is 2.72 bits per heavy atom. The molecule has 7 nitrogen and oxygen atoms in total. The predicted octanol–water partition coefficient (Wildman–Crippen LogP) is -2.42. The van der Waals surface area contributed by atoms with Gasteiger partial charge in [0.2, 0.25) is 0 Å². The Morgan fingerprint density at radius 2 is 2.17 bits per heavy atom. The van der Waals surface area contributed by atoms with Crippen molar-refractivity contribution in [2.45, 2.75) is 36.6 Å². The molecule has 0 aliphatic carbocycles. The molecule has 4 N–H and O–H groups in total. The molecule has 2 saturated heterocycles. The molecule has 2 aliphatic heterocycles. The molecule has 2 bridgehead atoms. The number of ether oxygens (including phenoxy) is 2. The van der Waals surface area contributed by atoms with E-state index in [0.717, 1.165) is 0 Å². The molecule has 9 heteroatoms. The Morgan fingerprint density at radius 1 is 1.50 bits per heavy atom. The first-order chi connectivity index (χ1) is 8.41. The van der Waals surface area contributed by atoms with Crippen LogP contribution in [0.25, 0.3) is 0 Å². The average Bonchev–Trinajstić information content (AvgIpc) is 2.75. The largest absolute Gasteiger partial charge is 0.393 e. The summed E-state index contributed by atoms with van der Waals surface area (Å²) in [5, 5.41) is 30.5. The van der Waals surface area contributed by atoms with Gasteiger partial charge in [-0.05, 0) is 0 Å². The van der Waals surface area contributed by atoms with E-state index in [9.17, 15) is 23.8 Å². The normalized spacial score (nSPS) is 43.2. The van der Waals surface area contributed by atoms with Gasteiger partial charge in [0, 0.05) is 0 Å². The summed E-state index contributed by atoms with van der Waals surface area (Å²) in [4.78, 5) is 10.9. The standard InChI is InChI=1S/C9H13F2NO6/c10-6(11)7(16)12-3-4(14)5(15)9(1-13)2-17-8(3)18-9/h3-6,8,13-15H,1-2H2,(H,12,16)/t3-,4-,5-,8-,9+/m1/s1. The second kappa shape index (κ2) is 4.67. The highest BCUT2D eigenvalue weighted by molar-refractivity contribution is 5.79. The Labute approximate surface area is 100 Å². The molecule has 1 amide bonds. The van der Waals surface area contributed by atoms with Crippen molar-refractivity contribution >= 4 is 5.91 Å². The van der Waals surface area contributed by atoms with E-state index in [0.29, 0.717) is 0 Å². The van der Waals surface area contributed by atoms with Crippen LogP contribution in [0.15, 0.2) is 0 Å². The fourth-order valence-corrected chi connectivity index (χ4v) is 2.08. The van der Waals surface area contributed by atoms with Crippen LogP contribution in [0, 0.1) is 0 Å². The minimum absolute atomic E-state index is 0.201. The van der Waals surface area contributed by atoms with Gasteiger partial charge in [-0.2, -0.15) is 8.78 Å². The highest BCUT2D eigenvalue weighted by Crippen LogP contribution is 2.36. The number of carbonyl (C=O) groups excluding carboxylic acids is 1. The molecule has 0 saturated carbocycles. The van der Waals surface area contributed by atoms with Crippen LogP contribution in [0.5, 0.6) is 0 Å². The second-order valence-electron chi connectivity index (χ2n) is 4.29. The maximum absolute atomic E-state index is 12.1. The van der Waals surface area contributed by atoms with E-state index < -0.39 is 49.1 Å². The van der Waals surface area contributed by atoms with Gasteiger partial charge in [-0.15, -0.1) is 0 Å². The summed E-state index contributed by atoms with van der Waals surface area (Å²) in [5.41, 5.74) is -1.48. The van der Waals surface area contributed by atoms with E-state index in [1.54, 1.807) is 0 Å². The average molecular weight is 269 g/mol. The Hall–Kier alpha value is -0.870. The summed E-state index contributed by atoms with van der Waals surface area (Å²) < 4.78 is 34.4. The third-order valence-corrected chi connectivity index (χ3v) is 3.14. The third kappa shape index (κ3) is 1.97. The molecule has 0 aromatic rings. The first-order valence-corrected chi connectivity index (χ1v) is 5.26. The number of amides is 1. The minimum atomic E-state index is -3.25. The lowest BCUT2D eigenvalue weighted by molar-refractivity contribution is -0.234. The number of rotatable bonds is 3. The topological polar surface area (TPSA) is 108 Å². The van der Waals surface area contributed by atoms with Gasteiger partial charge in [-0.25, -0.2) is 0 Å². The van der Waals surface area contributed by atoms with E-state index in [1.165, 1.54) is 0 Å². The molecule has 18 heavy (non-hydrogen) atoms. The first kappa shape index (κ1) is 13.6. The van der Waals surface area contributed by atoms with Gasteiger partial charge in [0.1, 0.15) is 23.9 Å². The summed E-state index contributed by atoms with van der Waals surface area (Å²) in [5.74, 6) is -1.60. The van der Waals surface area contributed by atoms with Crippen LogP contribution in [-0.2, 0) is 14.3 Å². The summed E-state index contributed by atoms with van der Waals surface area (Å²) in [6.45, 7) is -0.801. The van der Waals surface area contributed by atoms with Gasteiger partial charge in [0.05, 0.1) is 13.2 Å². The zero-order valence-corrected chi connectivity index (χ0v) is 9.12. The molecule has 0 aromatic heterocycles. The van der Waals surface area contributed by atoms with Crippen molar-refractivity contribution in [3.05, 3.63) is 0 Å².